The van der Waals surface area contributed by atoms with Gasteiger partial charge in [0.2, 0.25) is 5.88 Å². The third-order valence-electron chi connectivity index (χ3n) is 2.62. The Balaban J connectivity index is 1.94. The van der Waals surface area contributed by atoms with Gasteiger partial charge >= 0.3 is 0 Å². The first-order valence-corrected chi connectivity index (χ1v) is 7.18. The highest BCUT2D eigenvalue weighted by molar-refractivity contribution is 7.09. The van der Waals surface area contributed by atoms with Crippen molar-refractivity contribution in [1.29, 1.82) is 0 Å². The average molecular weight is 278 g/mol. The van der Waals surface area contributed by atoms with Crippen molar-refractivity contribution in [3.8, 4) is 5.88 Å². The molecule has 0 saturated carbocycles. The van der Waals surface area contributed by atoms with E-state index in [1.807, 2.05) is 20.8 Å². The fourth-order valence-corrected chi connectivity index (χ4v) is 2.48. The van der Waals surface area contributed by atoms with E-state index in [4.69, 9.17) is 4.74 Å². The minimum absolute atomic E-state index is 0.607. The zero-order valence-corrected chi connectivity index (χ0v) is 12.3. The normalized spacial score (nSPS) is 10.5. The van der Waals surface area contributed by atoms with Gasteiger partial charge in [-0.05, 0) is 20.8 Å². The Kier molecular flexibility index (Phi) is 4.68. The predicted octanol–water partition coefficient (Wildman–Crippen LogP) is 2.60. The van der Waals surface area contributed by atoms with E-state index in [-0.39, 0.29) is 0 Å². The molecular weight excluding hydrogens is 260 g/mol. The number of anilines is 1. The van der Waals surface area contributed by atoms with E-state index in [2.05, 4.69) is 25.6 Å². The van der Waals surface area contributed by atoms with Crippen molar-refractivity contribution in [2.45, 2.75) is 27.2 Å². The van der Waals surface area contributed by atoms with Gasteiger partial charge in [-0.1, -0.05) is 0 Å². The topological polar surface area (TPSA) is 59.9 Å². The Morgan fingerprint density at radius 1 is 1.32 bits per heavy atom. The second-order valence-electron chi connectivity index (χ2n) is 4.14. The molecular formula is C13H18N4OS. The predicted molar refractivity (Wildman–Crippen MR) is 77.0 cm³/mol. The van der Waals surface area contributed by atoms with E-state index in [1.54, 1.807) is 11.3 Å². The van der Waals surface area contributed by atoms with Crippen molar-refractivity contribution in [2.75, 3.05) is 18.5 Å². The van der Waals surface area contributed by atoms with E-state index in [9.17, 15) is 0 Å². The number of hydrogen-bond acceptors (Lipinski definition) is 6. The van der Waals surface area contributed by atoms with Gasteiger partial charge < -0.3 is 10.1 Å². The van der Waals surface area contributed by atoms with Gasteiger partial charge in [0, 0.05) is 24.0 Å². The lowest BCUT2D eigenvalue weighted by Gasteiger charge is -2.10. The number of thiazole rings is 1. The molecule has 0 atom stereocenters. The molecule has 6 heteroatoms. The highest BCUT2D eigenvalue weighted by atomic mass is 32.1. The SMILES string of the molecule is CCOc1ncnc(NCCc2nc(C)cs2)c1C. The quantitative estimate of drug-likeness (QED) is 0.880. The number of hydrogen-bond donors (Lipinski definition) is 1. The van der Waals surface area contributed by atoms with Gasteiger partial charge in [0.25, 0.3) is 0 Å². The summed E-state index contributed by atoms with van der Waals surface area (Å²) >= 11 is 1.69. The number of aromatic nitrogens is 3. The molecule has 0 aromatic carbocycles. The van der Waals surface area contributed by atoms with Gasteiger partial charge in [0.05, 0.1) is 17.2 Å². The zero-order valence-electron chi connectivity index (χ0n) is 11.4. The molecule has 0 spiro atoms. The summed E-state index contributed by atoms with van der Waals surface area (Å²) in [5, 5.41) is 6.51. The van der Waals surface area contributed by atoms with Crippen LogP contribution in [0.3, 0.4) is 0 Å². The Morgan fingerprint density at radius 2 is 2.16 bits per heavy atom. The molecule has 0 aliphatic carbocycles. The minimum Gasteiger partial charge on any atom is -0.478 e. The Morgan fingerprint density at radius 3 is 2.84 bits per heavy atom. The standard InChI is InChI=1S/C13H18N4OS/c1-4-18-13-10(3)12(15-8-16-13)14-6-5-11-17-9(2)7-19-11/h7-8H,4-6H2,1-3H3,(H,14,15,16). The molecule has 0 bridgehead atoms. The van der Waals surface area contributed by atoms with Crippen LogP contribution in [0.1, 0.15) is 23.2 Å². The summed E-state index contributed by atoms with van der Waals surface area (Å²) in [5.74, 6) is 1.47. The number of nitrogens with zero attached hydrogens (tertiary/aromatic N) is 3. The molecule has 0 aliphatic rings. The third kappa shape index (κ3) is 3.64. The van der Waals surface area contributed by atoms with Crippen molar-refractivity contribution in [2.24, 2.45) is 0 Å². The van der Waals surface area contributed by atoms with Crippen LogP contribution in [0.15, 0.2) is 11.7 Å². The van der Waals surface area contributed by atoms with Crippen LogP contribution in [-0.2, 0) is 6.42 Å². The smallest absolute Gasteiger partial charge is 0.221 e. The van der Waals surface area contributed by atoms with Gasteiger partial charge in [0.15, 0.2) is 0 Å². The van der Waals surface area contributed by atoms with Crippen LogP contribution in [-0.4, -0.2) is 28.1 Å². The molecule has 0 radical (unpaired) electrons. The zero-order chi connectivity index (χ0) is 13.7. The monoisotopic (exact) mass is 278 g/mol. The summed E-state index contributed by atoms with van der Waals surface area (Å²) in [6.07, 6.45) is 2.42. The maximum Gasteiger partial charge on any atom is 0.221 e. The molecule has 0 fully saturated rings. The van der Waals surface area contributed by atoms with Gasteiger partial charge in [-0.15, -0.1) is 11.3 Å². The molecule has 102 valence electrons. The molecule has 2 rings (SSSR count). The maximum absolute atomic E-state index is 5.44. The van der Waals surface area contributed by atoms with Gasteiger partial charge in [-0.2, -0.15) is 0 Å². The lowest BCUT2D eigenvalue weighted by molar-refractivity contribution is 0.324. The summed E-state index contributed by atoms with van der Waals surface area (Å²) in [6, 6.07) is 0. The average Bonchev–Trinajstić information content (AvgIpc) is 2.80. The van der Waals surface area contributed by atoms with E-state index in [0.29, 0.717) is 12.5 Å². The highest BCUT2D eigenvalue weighted by Crippen LogP contribution is 2.20. The van der Waals surface area contributed by atoms with Crippen molar-refractivity contribution >= 4 is 17.2 Å². The molecule has 0 saturated heterocycles. The Labute approximate surface area is 117 Å². The molecule has 2 heterocycles. The summed E-state index contributed by atoms with van der Waals surface area (Å²) in [6.45, 7) is 7.32. The van der Waals surface area contributed by atoms with E-state index in [1.165, 1.54) is 6.33 Å². The maximum atomic E-state index is 5.44. The van der Waals surface area contributed by atoms with Crippen molar-refractivity contribution in [3.05, 3.63) is 28.0 Å². The van der Waals surface area contributed by atoms with Crippen LogP contribution in [0.5, 0.6) is 5.88 Å². The first kappa shape index (κ1) is 13.7. The van der Waals surface area contributed by atoms with Crippen LogP contribution in [0.2, 0.25) is 0 Å². The molecule has 0 aliphatic heterocycles. The van der Waals surface area contributed by atoms with Gasteiger partial charge in [-0.25, -0.2) is 15.0 Å². The van der Waals surface area contributed by atoms with Crippen LogP contribution in [0.4, 0.5) is 5.82 Å². The van der Waals surface area contributed by atoms with Crippen LogP contribution >= 0.6 is 11.3 Å². The van der Waals surface area contributed by atoms with E-state index < -0.39 is 0 Å². The van der Waals surface area contributed by atoms with Gasteiger partial charge in [0.1, 0.15) is 12.1 Å². The molecule has 1 N–H and O–H groups in total. The summed E-state index contributed by atoms with van der Waals surface area (Å²) < 4.78 is 5.44. The minimum atomic E-state index is 0.607. The molecule has 0 unspecified atom stereocenters. The van der Waals surface area contributed by atoms with Crippen LogP contribution in [0, 0.1) is 13.8 Å². The lowest BCUT2D eigenvalue weighted by Crippen LogP contribution is -2.09. The summed E-state index contributed by atoms with van der Waals surface area (Å²) in [5.41, 5.74) is 2.02. The first-order chi connectivity index (χ1) is 9.20. The Hall–Kier alpha value is -1.69. The lowest BCUT2D eigenvalue weighted by atomic mass is 10.3. The molecule has 0 amide bonds. The van der Waals surface area contributed by atoms with E-state index >= 15 is 0 Å². The van der Waals surface area contributed by atoms with Gasteiger partial charge in [-0.3, -0.25) is 0 Å². The fourth-order valence-electron chi connectivity index (χ4n) is 1.70. The molecule has 2 aromatic heterocycles. The molecule has 19 heavy (non-hydrogen) atoms. The van der Waals surface area contributed by atoms with Crippen LogP contribution < -0.4 is 10.1 Å². The number of aryl methyl sites for hydroxylation is 1. The first-order valence-electron chi connectivity index (χ1n) is 6.30. The Bertz CT molecular complexity index is 541. The third-order valence-corrected chi connectivity index (χ3v) is 3.64. The molecule has 5 nitrogen and oxygen atoms in total. The summed E-state index contributed by atoms with van der Waals surface area (Å²) in [4.78, 5) is 12.8. The van der Waals surface area contributed by atoms with Crippen LogP contribution in [0.25, 0.3) is 0 Å². The van der Waals surface area contributed by atoms with Crippen molar-refractivity contribution in [3.63, 3.8) is 0 Å². The highest BCUT2D eigenvalue weighted by Gasteiger charge is 2.07. The largest absolute Gasteiger partial charge is 0.478 e. The summed E-state index contributed by atoms with van der Waals surface area (Å²) in [7, 11) is 0. The number of ether oxygens (including phenoxy) is 1. The van der Waals surface area contributed by atoms with Crippen molar-refractivity contribution in [1.82, 2.24) is 15.0 Å². The number of nitrogens with one attached hydrogen (secondary N) is 1. The van der Waals surface area contributed by atoms with E-state index in [0.717, 1.165) is 35.0 Å². The second kappa shape index (κ2) is 6.47. The number of rotatable bonds is 6. The van der Waals surface area contributed by atoms with Crippen molar-refractivity contribution < 1.29 is 4.74 Å². The second-order valence-corrected chi connectivity index (χ2v) is 5.09. The molecule has 2 aromatic rings. The fraction of sp³-hybridized carbons (Fsp3) is 0.462.